The molecule has 205 valence electrons. The van der Waals surface area contributed by atoms with Crippen LogP contribution in [-0.2, 0) is 20.1 Å². The van der Waals surface area contributed by atoms with Crippen LogP contribution in [-0.4, -0.2) is 9.97 Å². The molecule has 0 spiro atoms. The minimum atomic E-state index is -2.45. The van der Waals surface area contributed by atoms with Crippen molar-refractivity contribution in [3.05, 3.63) is 120 Å². The molecule has 40 heavy (non-hydrogen) atoms. The molecule has 4 heteroatoms. The number of aromatic nitrogens is 2. The van der Waals surface area contributed by atoms with Crippen LogP contribution in [0.1, 0.15) is 62.6 Å². The number of rotatable bonds is 6. The molecule has 0 aliphatic rings. The molecule has 1 radical (unpaired) electrons. The third-order valence-corrected chi connectivity index (χ3v) is 8.16. The minimum Gasteiger partial charge on any atom is -0.305 e. The Morgan fingerprint density at radius 1 is 0.950 bits per heavy atom. The van der Waals surface area contributed by atoms with Crippen molar-refractivity contribution in [2.45, 2.75) is 52.8 Å². The van der Waals surface area contributed by atoms with Crippen LogP contribution >= 0.6 is 11.3 Å². The molecule has 0 bridgehead atoms. The summed E-state index contributed by atoms with van der Waals surface area (Å²) in [5.74, 6) is 0.624. The summed E-state index contributed by atoms with van der Waals surface area (Å²) in [6.45, 7) is 4.16. The molecule has 3 aromatic heterocycles. The van der Waals surface area contributed by atoms with Crippen LogP contribution in [0, 0.1) is 25.9 Å². The van der Waals surface area contributed by atoms with Crippen LogP contribution in [0.2, 0.25) is 0 Å². The number of nitrogens with zero attached hydrogens (tertiary/aromatic N) is 2. The number of hydrogen-bond acceptors (Lipinski definition) is 3. The molecule has 0 saturated carbocycles. The maximum Gasteiger partial charge on any atom is 0.0618 e. The second-order valence-corrected chi connectivity index (χ2v) is 10.8. The number of aryl methyl sites for hydroxylation is 2. The third kappa shape index (κ3) is 6.93. The van der Waals surface area contributed by atoms with Crippen molar-refractivity contribution in [2.75, 3.05) is 0 Å². The van der Waals surface area contributed by atoms with E-state index in [1.54, 1.807) is 11.3 Å². The average molecular weight is 724 g/mol. The average Bonchev–Trinajstić information content (AvgIpc) is 3.40. The largest absolute Gasteiger partial charge is 0.305 e. The first-order valence-electron chi connectivity index (χ1n) is 15.8. The van der Waals surface area contributed by atoms with E-state index in [0.29, 0.717) is 11.5 Å². The molecule has 2 nitrogen and oxygen atoms in total. The summed E-state index contributed by atoms with van der Waals surface area (Å²) in [6.07, 6.45) is 6.81. The van der Waals surface area contributed by atoms with E-state index in [1.807, 2.05) is 42.6 Å². The van der Waals surface area contributed by atoms with E-state index in [0.717, 1.165) is 21.3 Å². The molecule has 6 rings (SSSR count). The quantitative estimate of drug-likeness (QED) is 0.160. The van der Waals surface area contributed by atoms with Gasteiger partial charge in [-0.25, -0.2) is 0 Å². The Labute approximate surface area is 262 Å². The van der Waals surface area contributed by atoms with Gasteiger partial charge >= 0.3 is 0 Å². The van der Waals surface area contributed by atoms with E-state index in [-0.39, 0.29) is 43.4 Å². The number of thiophene rings is 1. The second kappa shape index (κ2) is 13.9. The molecule has 6 aromatic rings. The molecule has 0 saturated heterocycles. The Morgan fingerprint density at radius 3 is 2.58 bits per heavy atom. The fraction of sp³-hybridized carbons (Fsp3) is 0.222. The van der Waals surface area contributed by atoms with Crippen molar-refractivity contribution in [1.29, 1.82) is 0 Å². The van der Waals surface area contributed by atoms with E-state index < -0.39 is 6.85 Å². The minimum absolute atomic E-state index is 0. The van der Waals surface area contributed by atoms with Gasteiger partial charge in [0.1, 0.15) is 0 Å². The Kier molecular flexibility index (Phi) is 8.20. The molecule has 0 fully saturated rings. The molecular formula is C36H34IrN2S-2. The van der Waals surface area contributed by atoms with E-state index in [2.05, 4.69) is 73.2 Å². The van der Waals surface area contributed by atoms with Gasteiger partial charge in [0, 0.05) is 41.3 Å². The first-order valence-corrected chi connectivity index (χ1v) is 14.1. The zero-order valence-electron chi connectivity index (χ0n) is 27.8. The molecule has 0 aliphatic heterocycles. The molecule has 0 aliphatic carbocycles. The van der Waals surface area contributed by atoms with Gasteiger partial charge in [0.2, 0.25) is 0 Å². The fourth-order valence-corrected chi connectivity index (χ4v) is 5.76. The summed E-state index contributed by atoms with van der Waals surface area (Å²) >= 11 is 1.67. The van der Waals surface area contributed by atoms with E-state index in [9.17, 15) is 0 Å². The van der Waals surface area contributed by atoms with Gasteiger partial charge < -0.3 is 9.97 Å². The van der Waals surface area contributed by atoms with Crippen molar-refractivity contribution in [1.82, 2.24) is 9.97 Å². The summed E-state index contributed by atoms with van der Waals surface area (Å²) in [4.78, 5) is 8.50. The van der Waals surface area contributed by atoms with E-state index in [4.69, 9.17) is 6.85 Å². The summed E-state index contributed by atoms with van der Waals surface area (Å²) < 4.78 is 40.9. The van der Waals surface area contributed by atoms with E-state index >= 15 is 0 Å². The Bertz CT molecular complexity index is 1890. The van der Waals surface area contributed by atoms with Gasteiger partial charge in [-0.2, -0.15) is 11.3 Å². The molecule has 1 atom stereocenters. The maximum absolute atomic E-state index is 8.19. The Morgan fingerprint density at radius 2 is 1.82 bits per heavy atom. The zero-order chi connectivity index (χ0) is 31.4. The third-order valence-electron chi connectivity index (χ3n) is 6.86. The number of unbranched alkanes of at least 4 members (excludes halogenated alkanes) is 1. The first-order chi connectivity index (χ1) is 21.1. The van der Waals surface area contributed by atoms with Gasteiger partial charge in [-0.1, -0.05) is 86.8 Å². The Hall–Kier alpha value is -3.17. The second-order valence-electron chi connectivity index (χ2n) is 9.74. The summed E-state index contributed by atoms with van der Waals surface area (Å²) in [6, 6.07) is 28.4. The van der Waals surface area contributed by atoms with Gasteiger partial charge in [0.05, 0.1) is 2.74 Å². The van der Waals surface area contributed by atoms with Gasteiger partial charge in [0.25, 0.3) is 0 Å². The topological polar surface area (TPSA) is 25.8 Å². The fourth-order valence-electron chi connectivity index (χ4n) is 4.57. The molecular weight excluding hydrogens is 685 g/mol. The molecule has 0 amide bonds. The van der Waals surface area contributed by atoms with Crippen LogP contribution in [0.4, 0.5) is 0 Å². The molecule has 3 heterocycles. The van der Waals surface area contributed by atoms with Crippen LogP contribution in [0.3, 0.4) is 0 Å². The summed E-state index contributed by atoms with van der Waals surface area (Å²) in [5.41, 5.74) is 5.32. The summed E-state index contributed by atoms with van der Waals surface area (Å²) in [5, 5.41) is 2.26. The molecule has 1 unspecified atom stereocenters. The smallest absolute Gasteiger partial charge is 0.0618 e. The predicted octanol–water partition coefficient (Wildman–Crippen LogP) is 10.4. The predicted molar refractivity (Wildman–Crippen MR) is 167 cm³/mol. The summed E-state index contributed by atoms with van der Waals surface area (Å²) in [7, 11) is 0. The monoisotopic (exact) mass is 724 g/mol. The standard InChI is InChI=1S/C19H14NS.C17H20N.Ir/c1-12-6-9-17(20-11-12)14-7-8-15-16-5-3-4-13(2)19(16)21-18(15)10-14;1-3-4-7-14(2)15-9-11-16(12-10-15)17-8-5-6-13-18-17;/h3-6,8-11H,1-2H3;5-6,8-11,13-14H,3-4,7H2,1-2H3;/q2*-1;/i1D3,6D,9D;;. The van der Waals surface area contributed by atoms with Gasteiger partial charge in [-0.15, -0.1) is 59.2 Å². The number of benzene rings is 3. The van der Waals surface area contributed by atoms with E-state index in [1.165, 1.54) is 46.7 Å². The van der Waals surface area contributed by atoms with Crippen molar-refractivity contribution in [3.8, 4) is 22.5 Å². The van der Waals surface area contributed by atoms with Crippen LogP contribution in [0.25, 0.3) is 42.7 Å². The van der Waals surface area contributed by atoms with Crippen LogP contribution in [0.5, 0.6) is 0 Å². The van der Waals surface area contributed by atoms with Crippen LogP contribution in [0.15, 0.2) is 91.2 Å². The first kappa shape index (κ1) is 23.5. The zero-order valence-corrected chi connectivity index (χ0v) is 26.1. The number of fused-ring (bicyclic) bond motifs is 3. The maximum atomic E-state index is 8.19. The van der Waals surface area contributed by atoms with Gasteiger partial charge in [0.15, 0.2) is 0 Å². The molecule has 0 N–H and O–H groups in total. The van der Waals surface area contributed by atoms with Crippen LogP contribution < -0.4 is 0 Å². The van der Waals surface area contributed by atoms with Crippen molar-refractivity contribution < 1.29 is 27.0 Å². The Balaban J connectivity index is 0.000000214. The SMILES string of the molecule is CCCCC(C)c1c[c-]c(-c2ccccn2)cc1.[2H]c1c(C([2H])([2H])[2H])cnc(-c2[c-]cc3c(c2)sc2c(C)cccc23)c1[2H].[Ir]. The molecule has 3 aromatic carbocycles. The van der Waals surface area contributed by atoms with Crippen molar-refractivity contribution in [2.24, 2.45) is 0 Å². The van der Waals surface area contributed by atoms with Crippen molar-refractivity contribution >= 4 is 31.5 Å². The van der Waals surface area contributed by atoms with Crippen molar-refractivity contribution in [3.63, 3.8) is 0 Å². The number of hydrogen-bond donors (Lipinski definition) is 0. The van der Waals surface area contributed by atoms with Gasteiger partial charge in [-0.05, 0) is 52.4 Å². The normalized spacial score (nSPS) is 13.6. The number of pyridine rings is 2. The van der Waals surface area contributed by atoms with Gasteiger partial charge in [-0.3, -0.25) is 0 Å².